The minimum Gasteiger partial charge on any atom is -0.326 e. The number of hydrogen-bond acceptors (Lipinski definition) is 4. The summed E-state index contributed by atoms with van der Waals surface area (Å²) in [6, 6.07) is 9.97. The topological polar surface area (TPSA) is 83.6 Å². The lowest BCUT2D eigenvalue weighted by molar-refractivity contribution is -0.118. The SMILES string of the molecule is CCC(=O)N1c2ccc(S(=O)(=O)CCC(=O)Nc3cc(Cl)ccc3C)cc2C[C@H]1C. The second-order valence-electron chi connectivity index (χ2n) is 7.54. The summed E-state index contributed by atoms with van der Waals surface area (Å²) in [5.74, 6) is -0.673. The molecule has 0 saturated heterocycles. The normalized spacial score (nSPS) is 15.7. The van der Waals surface area contributed by atoms with Crippen molar-refractivity contribution in [1.82, 2.24) is 0 Å². The number of anilines is 2. The van der Waals surface area contributed by atoms with Gasteiger partial charge in [-0.05, 0) is 61.7 Å². The number of hydrogen-bond donors (Lipinski definition) is 1. The Hall–Kier alpha value is -2.38. The molecule has 1 aliphatic heterocycles. The molecular formula is C22H25ClN2O4S. The molecule has 0 aromatic heterocycles. The first kappa shape index (κ1) is 22.3. The lowest BCUT2D eigenvalue weighted by atomic mass is 10.1. The van der Waals surface area contributed by atoms with Crippen molar-refractivity contribution in [2.45, 2.75) is 51.0 Å². The Labute approximate surface area is 182 Å². The number of amides is 2. The monoisotopic (exact) mass is 448 g/mol. The summed E-state index contributed by atoms with van der Waals surface area (Å²) in [5, 5.41) is 3.21. The van der Waals surface area contributed by atoms with Crippen molar-refractivity contribution < 1.29 is 18.0 Å². The van der Waals surface area contributed by atoms with E-state index in [1.807, 2.05) is 20.8 Å². The molecule has 2 amide bonds. The van der Waals surface area contributed by atoms with Gasteiger partial charge in [-0.15, -0.1) is 0 Å². The lowest BCUT2D eigenvalue weighted by Gasteiger charge is -2.22. The first-order valence-electron chi connectivity index (χ1n) is 9.86. The van der Waals surface area contributed by atoms with Crippen LogP contribution in [-0.4, -0.2) is 32.0 Å². The summed E-state index contributed by atoms with van der Waals surface area (Å²) in [6.45, 7) is 5.59. The van der Waals surface area contributed by atoms with Crippen LogP contribution in [0.1, 0.15) is 37.8 Å². The number of nitrogens with zero attached hydrogens (tertiary/aromatic N) is 1. The van der Waals surface area contributed by atoms with Crippen molar-refractivity contribution in [2.75, 3.05) is 16.0 Å². The van der Waals surface area contributed by atoms with E-state index in [-0.39, 0.29) is 29.0 Å². The molecule has 0 spiro atoms. The molecule has 1 aliphatic rings. The van der Waals surface area contributed by atoms with Crippen molar-refractivity contribution in [3.63, 3.8) is 0 Å². The van der Waals surface area contributed by atoms with Crippen molar-refractivity contribution in [3.05, 3.63) is 52.5 Å². The quantitative estimate of drug-likeness (QED) is 0.719. The van der Waals surface area contributed by atoms with Gasteiger partial charge in [0.1, 0.15) is 0 Å². The minimum atomic E-state index is -3.64. The Bertz CT molecular complexity index is 1100. The molecule has 160 valence electrons. The number of nitrogens with one attached hydrogen (secondary N) is 1. The molecule has 1 N–H and O–H groups in total. The van der Waals surface area contributed by atoms with Crippen LogP contribution in [0, 0.1) is 6.92 Å². The molecule has 0 aliphatic carbocycles. The zero-order valence-electron chi connectivity index (χ0n) is 17.2. The molecule has 1 heterocycles. The number of carbonyl (C=O) groups is 2. The van der Waals surface area contributed by atoms with Crippen molar-refractivity contribution in [1.29, 1.82) is 0 Å². The fraction of sp³-hybridized carbons (Fsp3) is 0.364. The first-order valence-corrected chi connectivity index (χ1v) is 11.9. The lowest BCUT2D eigenvalue weighted by Crippen LogP contribution is -2.35. The van der Waals surface area contributed by atoms with Crippen molar-refractivity contribution in [2.24, 2.45) is 0 Å². The zero-order chi connectivity index (χ0) is 22.1. The van der Waals surface area contributed by atoms with E-state index in [0.29, 0.717) is 23.6 Å². The zero-order valence-corrected chi connectivity index (χ0v) is 18.8. The summed E-state index contributed by atoms with van der Waals surface area (Å²) in [5.41, 5.74) is 3.01. The summed E-state index contributed by atoms with van der Waals surface area (Å²) >= 11 is 5.95. The van der Waals surface area contributed by atoms with Crippen LogP contribution in [0.2, 0.25) is 5.02 Å². The van der Waals surface area contributed by atoms with Gasteiger partial charge in [0.15, 0.2) is 9.84 Å². The minimum absolute atomic E-state index is 0.00267. The third kappa shape index (κ3) is 4.68. The number of sulfone groups is 1. The van der Waals surface area contributed by atoms with Gasteiger partial charge in [-0.25, -0.2) is 8.42 Å². The van der Waals surface area contributed by atoms with Gasteiger partial charge in [-0.1, -0.05) is 24.6 Å². The van der Waals surface area contributed by atoms with Gasteiger partial charge in [-0.3, -0.25) is 9.59 Å². The molecule has 30 heavy (non-hydrogen) atoms. The van der Waals surface area contributed by atoms with Crippen LogP contribution >= 0.6 is 11.6 Å². The highest BCUT2D eigenvalue weighted by Crippen LogP contribution is 2.34. The molecule has 3 rings (SSSR count). The number of rotatable bonds is 6. The van der Waals surface area contributed by atoms with Gasteiger partial charge >= 0.3 is 0 Å². The van der Waals surface area contributed by atoms with E-state index in [1.54, 1.807) is 35.2 Å². The third-order valence-corrected chi connectivity index (χ3v) is 7.22. The van der Waals surface area contributed by atoms with E-state index in [4.69, 9.17) is 11.6 Å². The molecule has 0 fully saturated rings. The maximum Gasteiger partial charge on any atom is 0.226 e. The van der Waals surface area contributed by atoms with Crippen LogP contribution in [0.4, 0.5) is 11.4 Å². The van der Waals surface area contributed by atoms with Crippen LogP contribution in [0.3, 0.4) is 0 Å². The molecule has 8 heteroatoms. The molecule has 0 saturated carbocycles. The predicted molar refractivity (Wildman–Crippen MR) is 119 cm³/mol. The fourth-order valence-corrected chi connectivity index (χ4v) is 5.10. The van der Waals surface area contributed by atoms with Crippen molar-refractivity contribution in [3.8, 4) is 0 Å². The number of fused-ring (bicyclic) bond motifs is 1. The second-order valence-corrected chi connectivity index (χ2v) is 10.1. The van der Waals surface area contributed by atoms with E-state index in [0.717, 1.165) is 16.8 Å². The number of aryl methyl sites for hydroxylation is 1. The summed E-state index contributed by atoms with van der Waals surface area (Å²) in [7, 11) is -3.64. The molecule has 0 bridgehead atoms. The van der Waals surface area contributed by atoms with Gasteiger partial charge in [0.05, 0.1) is 10.6 Å². The molecule has 0 radical (unpaired) electrons. The van der Waals surface area contributed by atoms with E-state index in [1.165, 1.54) is 6.07 Å². The molecule has 0 unspecified atom stereocenters. The largest absolute Gasteiger partial charge is 0.326 e. The van der Waals surface area contributed by atoms with Gasteiger partial charge in [0.2, 0.25) is 11.8 Å². The molecule has 2 aromatic carbocycles. The highest BCUT2D eigenvalue weighted by molar-refractivity contribution is 7.91. The summed E-state index contributed by atoms with van der Waals surface area (Å²) < 4.78 is 25.6. The van der Waals surface area contributed by atoms with E-state index in [2.05, 4.69) is 5.32 Å². The van der Waals surface area contributed by atoms with E-state index < -0.39 is 15.7 Å². The van der Waals surface area contributed by atoms with Crippen molar-refractivity contribution >= 4 is 44.6 Å². The Morgan fingerprint density at radius 2 is 1.93 bits per heavy atom. The summed E-state index contributed by atoms with van der Waals surface area (Å²) in [4.78, 5) is 26.4. The van der Waals surface area contributed by atoms with Gasteiger partial charge < -0.3 is 10.2 Å². The average molecular weight is 449 g/mol. The smallest absolute Gasteiger partial charge is 0.226 e. The maximum atomic E-state index is 12.8. The molecule has 1 atom stereocenters. The first-order chi connectivity index (χ1) is 14.1. The standard InChI is InChI=1S/C22H25ClN2O4S/c1-4-22(27)25-15(3)11-16-12-18(7-8-20(16)25)30(28,29)10-9-21(26)24-19-13-17(23)6-5-14(19)2/h5-8,12-13,15H,4,9-11H2,1-3H3,(H,24,26)/t15-/m1/s1. The Kier molecular flexibility index (Phi) is 6.53. The Balaban J connectivity index is 1.71. The van der Waals surface area contributed by atoms with Gasteiger partial charge in [0, 0.05) is 35.3 Å². The average Bonchev–Trinajstić information content (AvgIpc) is 3.03. The van der Waals surface area contributed by atoms with Crippen LogP contribution in [0.5, 0.6) is 0 Å². The van der Waals surface area contributed by atoms with Crippen LogP contribution in [0.25, 0.3) is 0 Å². The van der Waals surface area contributed by atoms with E-state index in [9.17, 15) is 18.0 Å². The van der Waals surface area contributed by atoms with Gasteiger partial charge in [-0.2, -0.15) is 0 Å². The molecule has 2 aromatic rings. The summed E-state index contributed by atoms with van der Waals surface area (Å²) in [6.07, 6.45) is 0.840. The van der Waals surface area contributed by atoms with E-state index >= 15 is 0 Å². The number of benzene rings is 2. The maximum absolute atomic E-state index is 12.8. The van der Waals surface area contributed by atoms with Crippen LogP contribution < -0.4 is 10.2 Å². The second kappa shape index (κ2) is 8.78. The Morgan fingerprint density at radius 3 is 2.63 bits per heavy atom. The predicted octanol–water partition coefficient (Wildman–Crippen LogP) is 4.14. The third-order valence-electron chi connectivity index (χ3n) is 5.27. The molecule has 6 nitrogen and oxygen atoms in total. The molecular weight excluding hydrogens is 424 g/mol. The highest BCUT2D eigenvalue weighted by atomic mass is 35.5. The van der Waals surface area contributed by atoms with Crippen LogP contribution in [-0.2, 0) is 25.8 Å². The highest BCUT2D eigenvalue weighted by Gasteiger charge is 2.31. The fourth-order valence-electron chi connectivity index (χ4n) is 3.64. The van der Waals surface area contributed by atoms with Crippen LogP contribution in [0.15, 0.2) is 41.3 Å². The number of carbonyl (C=O) groups excluding carboxylic acids is 2. The Morgan fingerprint density at radius 1 is 1.20 bits per heavy atom. The number of halogens is 1. The van der Waals surface area contributed by atoms with Gasteiger partial charge in [0.25, 0.3) is 0 Å².